The minimum atomic E-state index is 0.163. The van der Waals surface area contributed by atoms with Crippen molar-refractivity contribution < 1.29 is 14.4 Å². The smallest absolute Gasteiger partial charge is 0.224 e. The third kappa shape index (κ3) is 4.08. The largest absolute Gasteiger partial charge is 0.356 e. The van der Waals surface area contributed by atoms with Crippen LogP contribution in [0.4, 0.5) is 0 Å². The average Bonchev–Trinajstić information content (AvgIpc) is 2.77. The standard InChI is InChI=1S/C18H29N3O3/c22-15-4-6-18(7-10-19-15)8-13-21(14-9-18)17(24)5-12-20-11-2-1-3-16(20)23/h1-14H2,(H,19,22). The molecule has 0 atom stereocenters. The summed E-state index contributed by atoms with van der Waals surface area (Å²) in [5, 5.41) is 2.95. The molecule has 0 aromatic rings. The van der Waals surface area contributed by atoms with Crippen LogP contribution in [0.3, 0.4) is 0 Å². The van der Waals surface area contributed by atoms with E-state index >= 15 is 0 Å². The zero-order valence-corrected chi connectivity index (χ0v) is 14.5. The summed E-state index contributed by atoms with van der Waals surface area (Å²) in [6.45, 7) is 3.72. The summed E-state index contributed by atoms with van der Waals surface area (Å²) in [6.07, 6.45) is 7.70. The van der Waals surface area contributed by atoms with Crippen molar-refractivity contribution in [1.82, 2.24) is 15.1 Å². The summed E-state index contributed by atoms with van der Waals surface area (Å²) in [5.41, 5.74) is 0.235. The van der Waals surface area contributed by atoms with Crippen LogP contribution in [0.5, 0.6) is 0 Å². The topological polar surface area (TPSA) is 69.7 Å². The quantitative estimate of drug-likeness (QED) is 0.845. The van der Waals surface area contributed by atoms with E-state index in [4.69, 9.17) is 0 Å². The molecule has 3 heterocycles. The van der Waals surface area contributed by atoms with Gasteiger partial charge in [0.2, 0.25) is 17.7 Å². The first kappa shape index (κ1) is 17.2. The van der Waals surface area contributed by atoms with Gasteiger partial charge in [-0.15, -0.1) is 0 Å². The van der Waals surface area contributed by atoms with E-state index in [0.717, 1.165) is 64.7 Å². The minimum absolute atomic E-state index is 0.163. The van der Waals surface area contributed by atoms with Crippen LogP contribution in [-0.2, 0) is 14.4 Å². The van der Waals surface area contributed by atoms with Gasteiger partial charge in [0.1, 0.15) is 0 Å². The van der Waals surface area contributed by atoms with Gasteiger partial charge in [-0.2, -0.15) is 0 Å². The zero-order chi connectivity index (χ0) is 17.0. The van der Waals surface area contributed by atoms with E-state index in [0.29, 0.717) is 25.8 Å². The predicted octanol–water partition coefficient (Wildman–Crippen LogP) is 1.30. The number of nitrogens with one attached hydrogen (secondary N) is 1. The maximum absolute atomic E-state index is 12.5. The number of carbonyl (C=O) groups is 3. The van der Waals surface area contributed by atoms with Crippen LogP contribution in [0.2, 0.25) is 0 Å². The van der Waals surface area contributed by atoms with E-state index < -0.39 is 0 Å². The summed E-state index contributed by atoms with van der Waals surface area (Å²) < 4.78 is 0. The van der Waals surface area contributed by atoms with E-state index in [1.807, 2.05) is 9.80 Å². The molecule has 3 saturated heterocycles. The van der Waals surface area contributed by atoms with E-state index in [2.05, 4.69) is 5.32 Å². The lowest BCUT2D eigenvalue weighted by Crippen LogP contribution is -2.45. The van der Waals surface area contributed by atoms with Crippen LogP contribution < -0.4 is 5.32 Å². The highest BCUT2D eigenvalue weighted by molar-refractivity contribution is 5.79. The van der Waals surface area contributed by atoms with Crippen molar-refractivity contribution in [1.29, 1.82) is 0 Å². The summed E-state index contributed by atoms with van der Waals surface area (Å²) >= 11 is 0. The van der Waals surface area contributed by atoms with Crippen LogP contribution >= 0.6 is 0 Å². The number of rotatable bonds is 3. The lowest BCUT2D eigenvalue weighted by Gasteiger charge is -2.41. The number of hydrogen-bond donors (Lipinski definition) is 1. The fraction of sp³-hybridized carbons (Fsp3) is 0.833. The normalized spacial score (nSPS) is 24.7. The Morgan fingerprint density at radius 2 is 1.79 bits per heavy atom. The van der Waals surface area contributed by atoms with Crippen molar-refractivity contribution in [2.75, 3.05) is 32.7 Å². The van der Waals surface area contributed by atoms with Crippen LogP contribution in [0.1, 0.15) is 57.8 Å². The molecule has 134 valence electrons. The molecule has 24 heavy (non-hydrogen) atoms. The Bertz CT molecular complexity index is 498. The second-order valence-corrected chi connectivity index (χ2v) is 7.57. The van der Waals surface area contributed by atoms with Gasteiger partial charge < -0.3 is 15.1 Å². The average molecular weight is 335 g/mol. The lowest BCUT2D eigenvalue weighted by molar-refractivity contribution is -0.137. The molecule has 6 nitrogen and oxygen atoms in total. The molecule has 6 heteroatoms. The van der Waals surface area contributed by atoms with E-state index in [9.17, 15) is 14.4 Å². The predicted molar refractivity (Wildman–Crippen MR) is 90.2 cm³/mol. The van der Waals surface area contributed by atoms with Crippen LogP contribution in [0.25, 0.3) is 0 Å². The van der Waals surface area contributed by atoms with E-state index in [1.165, 1.54) is 0 Å². The van der Waals surface area contributed by atoms with Gasteiger partial charge in [0, 0.05) is 52.0 Å². The highest BCUT2D eigenvalue weighted by Gasteiger charge is 2.37. The van der Waals surface area contributed by atoms with Gasteiger partial charge in [-0.05, 0) is 43.9 Å². The maximum Gasteiger partial charge on any atom is 0.224 e. The monoisotopic (exact) mass is 335 g/mol. The molecule has 0 saturated carbocycles. The van der Waals surface area contributed by atoms with E-state index in [-0.39, 0.29) is 23.1 Å². The molecule has 0 bridgehead atoms. The molecule has 1 spiro atoms. The fourth-order valence-corrected chi connectivity index (χ4v) is 4.28. The molecule has 0 aliphatic carbocycles. The Kier molecular flexibility index (Phi) is 5.41. The first-order valence-electron chi connectivity index (χ1n) is 9.40. The highest BCUT2D eigenvalue weighted by atomic mass is 16.2. The molecule has 1 N–H and O–H groups in total. The van der Waals surface area contributed by atoms with Crippen molar-refractivity contribution in [3.8, 4) is 0 Å². The van der Waals surface area contributed by atoms with Crippen molar-refractivity contribution in [2.24, 2.45) is 5.41 Å². The molecule has 3 aliphatic heterocycles. The van der Waals surface area contributed by atoms with Crippen LogP contribution in [-0.4, -0.2) is 60.2 Å². The molecule has 0 aromatic carbocycles. The van der Waals surface area contributed by atoms with Crippen LogP contribution in [0.15, 0.2) is 0 Å². The van der Waals surface area contributed by atoms with Gasteiger partial charge in [0.15, 0.2) is 0 Å². The summed E-state index contributed by atoms with van der Waals surface area (Å²) in [5.74, 6) is 0.532. The second kappa shape index (κ2) is 7.53. The summed E-state index contributed by atoms with van der Waals surface area (Å²) in [4.78, 5) is 39.6. The third-order valence-electron chi connectivity index (χ3n) is 6.05. The molecule has 0 radical (unpaired) electrons. The number of nitrogens with zero attached hydrogens (tertiary/aromatic N) is 2. The molecule has 3 amide bonds. The van der Waals surface area contributed by atoms with Gasteiger partial charge in [-0.3, -0.25) is 14.4 Å². The van der Waals surface area contributed by atoms with Crippen molar-refractivity contribution >= 4 is 17.7 Å². The Morgan fingerprint density at radius 3 is 2.54 bits per heavy atom. The van der Waals surface area contributed by atoms with Gasteiger partial charge >= 0.3 is 0 Å². The molecule has 0 unspecified atom stereocenters. The van der Waals surface area contributed by atoms with Gasteiger partial charge in [-0.25, -0.2) is 0 Å². The van der Waals surface area contributed by atoms with Crippen LogP contribution in [0, 0.1) is 5.41 Å². The first-order valence-corrected chi connectivity index (χ1v) is 9.40. The Morgan fingerprint density at radius 1 is 1.00 bits per heavy atom. The van der Waals surface area contributed by atoms with Crippen molar-refractivity contribution in [3.05, 3.63) is 0 Å². The van der Waals surface area contributed by atoms with Crippen molar-refractivity contribution in [2.45, 2.75) is 57.8 Å². The second-order valence-electron chi connectivity index (χ2n) is 7.57. The number of carbonyl (C=O) groups excluding carboxylic acids is 3. The maximum atomic E-state index is 12.5. The van der Waals surface area contributed by atoms with Gasteiger partial charge in [-0.1, -0.05) is 0 Å². The molecule has 3 aliphatic rings. The molecule has 0 aromatic heterocycles. The zero-order valence-electron chi connectivity index (χ0n) is 14.5. The Labute approximate surface area is 143 Å². The molecule has 3 fully saturated rings. The first-order chi connectivity index (χ1) is 11.6. The molecule has 3 rings (SSSR count). The number of amides is 3. The molecular formula is C18H29N3O3. The molecular weight excluding hydrogens is 306 g/mol. The SMILES string of the molecule is O=C1CCC2(CCN1)CCN(C(=O)CCN1CCCCC1=O)CC2. The minimum Gasteiger partial charge on any atom is -0.356 e. The summed E-state index contributed by atoms with van der Waals surface area (Å²) in [7, 11) is 0. The summed E-state index contributed by atoms with van der Waals surface area (Å²) in [6, 6.07) is 0. The Hall–Kier alpha value is -1.59. The number of hydrogen-bond acceptors (Lipinski definition) is 3. The van der Waals surface area contributed by atoms with E-state index in [1.54, 1.807) is 0 Å². The third-order valence-corrected chi connectivity index (χ3v) is 6.05. The number of piperidine rings is 2. The fourth-order valence-electron chi connectivity index (χ4n) is 4.28. The van der Waals surface area contributed by atoms with Gasteiger partial charge in [0.25, 0.3) is 0 Å². The highest BCUT2D eigenvalue weighted by Crippen LogP contribution is 2.40. The lowest BCUT2D eigenvalue weighted by atomic mass is 9.73. The van der Waals surface area contributed by atoms with Crippen molar-refractivity contribution in [3.63, 3.8) is 0 Å². The van der Waals surface area contributed by atoms with Gasteiger partial charge in [0.05, 0.1) is 0 Å². The Balaban J connectivity index is 1.44. The number of likely N-dealkylation sites (tertiary alicyclic amines) is 2.